The SMILES string of the molecule is CCCCCCN1C(=CC=C2CCC(=CC=C3N(CCCCS(=O)(=O)O)c4ccc(C)cc4C3(C)C)C2=[N+](C)S(=O)(=O)C(C)(C)C)C(C)(C)c2cc(C)ccc21. The Labute approximate surface area is 338 Å². The molecule has 0 aromatic heterocycles. The van der Waals surface area contributed by atoms with Gasteiger partial charge in [0.15, 0.2) is 7.05 Å². The predicted molar refractivity (Wildman–Crippen MR) is 234 cm³/mol. The lowest BCUT2D eigenvalue weighted by Crippen LogP contribution is -2.38. The molecule has 1 aliphatic carbocycles. The number of rotatable bonds is 13. The van der Waals surface area contributed by atoms with Gasteiger partial charge in [0.1, 0.15) is 4.75 Å². The first-order chi connectivity index (χ1) is 26.0. The third-order valence-corrected chi connectivity index (χ3v) is 15.2. The molecule has 1 fully saturated rings. The van der Waals surface area contributed by atoms with E-state index < -0.39 is 24.9 Å². The van der Waals surface area contributed by atoms with E-state index >= 15 is 0 Å². The summed E-state index contributed by atoms with van der Waals surface area (Å²) in [7, 11) is -6.07. The lowest BCUT2D eigenvalue weighted by atomic mass is 9.83. The molecule has 1 N–H and O–H groups in total. The monoisotopic (exact) mass is 804 g/mol. The lowest BCUT2D eigenvalue weighted by Gasteiger charge is -2.27. The Morgan fingerprint density at radius 1 is 0.714 bits per heavy atom. The van der Waals surface area contributed by atoms with Crippen LogP contribution in [0.2, 0.25) is 0 Å². The molecule has 0 amide bonds. The number of aryl methyl sites for hydroxylation is 2. The van der Waals surface area contributed by atoms with Crippen LogP contribution in [-0.2, 0) is 31.0 Å². The summed E-state index contributed by atoms with van der Waals surface area (Å²) in [5, 5.41) is 0. The van der Waals surface area contributed by atoms with Crippen LogP contribution in [0.15, 0.2) is 83.2 Å². The third-order valence-electron chi connectivity index (χ3n) is 12.0. The topological polar surface area (TPSA) is 98.0 Å². The molecule has 306 valence electrons. The molecule has 0 radical (unpaired) electrons. The summed E-state index contributed by atoms with van der Waals surface area (Å²) >= 11 is 0. The fourth-order valence-electron chi connectivity index (χ4n) is 8.64. The van der Waals surface area contributed by atoms with Crippen molar-refractivity contribution in [2.45, 2.75) is 136 Å². The standard InChI is InChI=1S/C46H65N3O5S2/c1-12-13-14-15-28-48-39-24-18-33(2)31-37(39)45(7,8)41(48)26-22-35-20-21-36(43(35)47(11)56(53,54)44(4,5)6)23-27-42-46(9,10)38-32-34(3)19-25-40(38)49(42)29-16-17-30-55(50,51)52/h18-19,22-27,31-32H,12-17,20-21,28-30H2,1-11H3/p+1. The number of sulfonamides is 1. The summed E-state index contributed by atoms with van der Waals surface area (Å²) in [5.41, 5.74) is 11.7. The normalized spacial score (nSPS) is 21.9. The number of allylic oxidation sites excluding steroid dienone is 8. The highest BCUT2D eigenvalue weighted by Crippen LogP contribution is 2.50. The van der Waals surface area contributed by atoms with E-state index in [2.05, 4.69) is 119 Å². The van der Waals surface area contributed by atoms with Crippen LogP contribution < -0.4 is 9.80 Å². The minimum absolute atomic E-state index is 0.222. The second kappa shape index (κ2) is 16.4. The van der Waals surface area contributed by atoms with Crippen molar-refractivity contribution in [1.29, 1.82) is 0 Å². The van der Waals surface area contributed by atoms with Crippen LogP contribution in [0.25, 0.3) is 0 Å². The van der Waals surface area contributed by atoms with E-state index in [1.807, 2.05) is 0 Å². The molecule has 2 aromatic carbocycles. The van der Waals surface area contributed by atoms with Crippen LogP contribution in [0.4, 0.5) is 11.4 Å². The zero-order valence-corrected chi connectivity index (χ0v) is 37.4. The highest BCUT2D eigenvalue weighted by molar-refractivity contribution is 7.87. The van der Waals surface area contributed by atoms with Crippen LogP contribution in [-0.4, -0.2) is 61.7 Å². The molecule has 2 aliphatic heterocycles. The van der Waals surface area contributed by atoms with Gasteiger partial charge in [0, 0.05) is 57.8 Å². The molecule has 0 saturated heterocycles. The van der Waals surface area contributed by atoms with Crippen molar-refractivity contribution in [2.24, 2.45) is 0 Å². The minimum Gasteiger partial charge on any atom is -0.344 e. The van der Waals surface area contributed by atoms with Crippen molar-refractivity contribution in [1.82, 2.24) is 0 Å². The quantitative estimate of drug-likeness (QED) is 0.122. The Bertz CT molecular complexity index is 2210. The number of nitrogens with zero attached hydrogens (tertiary/aromatic N) is 3. The van der Waals surface area contributed by atoms with Crippen LogP contribution in [0.5, 0.6) is 0 Å². The van der Waals surface area contributed by atoms with Crippen LogP contribution in [0.1, 0.15) is 129 Å². The second-order valence-electron chi connectivity index (χ2n) is 18.1. The molecular weight excluding hydrogens is 739 g/mol. The van der Waals surface area contributed by atoms with Gasteiger partial charge in [-0.2, -0.15) is 16.8 Å². The summed E-state index contributed by atoms with van der Waals surface area (Å²) in [6.07, 6.45) is 15.7. The van der Waals surface area contributed by atoms with Gasteiger partial charge in [-0.05, 0) is 102 Å². The summed E-state index contributed by atoms with van der Waals surface area (Å²) < 4.78 is 61.1. The van der Waals surface area contributed by atoms with E-state index in [1.54, 1.807) is 27.8 Å². The maximum Gasteiger partial charge on any atom is 0.369 e. The Balaban J connectivity index is 1.62. The zero-order valence-electron chi connectivity index (χ0n) is 35.8. The van der Waals surface area contributed by atoms with Crippen molar-refractivity contribution in [2.75, 3.05) is 35.7 Å². The van der Waals surface area contributed by atoms with Gasteiger partial charge in [0.2, 0.25) is 5.71 Å². The van der Waals surface area contributed by atoms with Crippen molar-refractivity contribution in [3.05, 3.63) is 105 Å². The van der Waals surface area contributed by atoms with E-state index in [9.17, 15) is 21.4 Å². The molecule has 56 heavy (non-hydrogen) atoms. The van der Waals surface area contributed by atoms with Gasteiger partial charge >= 0.3 is 10.0 Å². The Kier molecular flexibility index (Phi) is 12.8. The first-order valence-corrected chi connectivity index (χ1v) is 23.5. The van der Waals surface area contributed by atoms with Crippen LogP contribution in [0.3, 0.4) is 0 Å². The van der Waals surface area contributed by atoms with Crippen molar-refractivity contribution in [3.63, 3.8) is 0 Å². The Morgan fingerprint density at radius 3 is 1.57 bits per heavy atom. The second-order valence-corrected chi connectivity index (χ2v) is 22.4. The van der Waals surface area contributed by atoms with Crippen LogP contribution in [0, 0.1) is 13.8 Å². The van der Waals surface area contributed by atoms with Gasteiger partial charge < -0.3 is 9.80 Å². The minimum atomic E-state index is -4.04. The van der Waals surface area contributed by atoms with Crippen molar-refractivity contribution >= 4 is 37.2 Å². The molecular formula is C46H66N3O5S2+. The number of benzene rings is 2. The zero-order chi connectivity index (χ0) is 41.4. The number of hydrogen-bond donors (Lipinski definition) is 1. The Hall–Kier alpha value is -3.47. The summed E-state index contributed by atoms with van der Waals surface area (Å²) in [5.74, 6) is -0.272. The lowest BCUT2D eigenvalue weighted by molar-refractivity contribution is -0.328. The molecule has 5 rings (SSSR count). The number of fused-ring (bicyclic) bond motifs is 2. The van der Waals surface area contributed by atoms with E-state index in [0.29, 0.717) is 32.2 Å². The molecule has 1 saturated carbocycles. The molecule has 0 spiro atoms. The first kappa shape index (κ1) is 43.6. The first-order valence-electron chi connectivity index (χ1n) is 20.4. The van der Waals surface area contributed by atoms with Gasteiger partial charge in [-0.1, -0.05) is 101 Å². The van der Waals surface area contributed by atoms with Gasteiger partial charge in [0.25, 0.3) is 10.1 Å². The van der Waals surface area contributed by atoms with Crippen molar-refractivity contribution < 1.29 is 25.4 Å². The average molecular weight is 805 g/mol. The van der Waals surface area contributed by atoms with Gasteiger partial charge in [-0.25, -0.2) is 0 Å². The van der Waals surface area contributed by atoms with E-state index in [1.165, 1.54) is 51.3 Å². The molecule has 8 nitrogen and oxygen atoms in total. The number of hydrogen-bond acceptors (Lipinski definition) is 6. The van der Waals surface area contributed by atoms with Gasteiger partial charge in [-0.15, -0.1) is 3.98 Å². The van der Waals surface area contributed by atoms with E-state index in [0.717, 1.165) is 46.8 Å². The van der Waals surface area contributed by atoms with E-state index in [4.69, 9.17) is 0 Å². The predicted octanol–water partition coefficient (Wildman–Crippen LogP) is 10.1. The number of anilines is 2. The highest BCUT2D eigenvalue weighted by Gasteiger charge is 2.44. The fraction of sp³-hybridized carbons (Fsp3) is 0.543. The maximum atomic E-state index is 14.2. The molecule has 2 aromatic rings. The largest absolute Gasteiger partial charge is 0.369 e. The van der Waals surface area contributed by atoms with E-state index in [-0.39, 0.29) is 16.6 Å². The molecule has 3 aliphatic rings. The third kappa shape index (κ3) is 8.82. The summed E-state index contributed by atoms with van der Waals surface area (Å²) in [4.78, 5) is 4.75. The highest BCUT2D eigenvalue weighted by atomic mass is 32.2. The smallest absolute Gasteiger partial charge is 0.344 e. The molecule has 0 bridgehead atoms. The Morgan fingerprint density at radius 2 is 1.16 bits per heavy atom. The molecule has 10 heteroatoms. The van der Waals surface area contributed by atoms with Crippen molar-refractivity contribution in [3.8, 4) is 0 Å². The average Bonchev–Trinajstić information content (AvgIpc) is 3.66. The maximum absolute atomic E-state index is 14.2. The summed E-state index contributed by atoms with van der Waals surface area (Å²) in [6.45, 7) is 22.3. The molecule has 2 heterocycles. The molecule has 0 atom stereocenters. The van der Waals surface area contributed by atoms with Gasteiger partial charge in [-0.3, -0.25) is 4.55 Å². The molecule has 0 unspecified atom stereocenters. The summed E-state index contributed by atoms with van der Waals surface area (Å²) in [6, 6.07) is 13.2. The fourth-order valence-corrected chi connectivity index (χ4v) is 10.5. The van der Waals surface area contributed by atoms with Gasteiger partial charge in [0.05, 0.1) is 5.75 Å². The number of unbranched alkanes of at least 4 members (excludes halogenated alkanes) is 4. The van der Waals surface area contributed by atoms with Crippen LogP contribution >= 0.6 is 0 Å².